The Labute approximate surface area is 161 Å². The van der Waals surface area contributed by atoms with Crippen LogP contribution in [0.25, 0.3) is 0 Å². The number of carbonyl (C=O) groups is 1. The van der Waals surface area contributed by atoms with E-state index < -0.39 is 0 Å². The average Bonchev–Trinajstić information content (AvgIpc) is 2.67. The van der Waals surface area contributed by atoms with Gasteiger partial charge in [0.25, 0.3) is 0 Å². The summed E-state index contributed by atoms with van der Waals surface area (Å²) in [5, 5.41) is 3.16. The number of rotatable bonds is 9. The highest BCUT2D eigenvalue weighted by Gasteiger charge is 2.17. The number of methoxy groups -OCH3 is 3. The molecule has 0 fully saturated rings. The molecule has 0 spiro atoms. The second-order valence-electron chi connectivity index (χ2n) is 6.89. The van der Waals surface area contributed by atoms with Crippen LogP contribution in [0.5, 0.6) is 17.2 Å². The van der Waals surface area contributed by atoms with Crippen molar-refractivity contribution in [1.29, 1.82) is 0 Å². The van der Waals surface area contributed by atoms with E-state index in [0.29, 0.717) is 17.4 Å². The zero-order valence-corrected chi connectivity index (χ0v) is 16.7. The third kappa shape index (κ3) is 5.91. The fourth-order valence-electron chi connectivity index (χ4n) is 3.01. The van der Waals surface area contributed by atoms with Gasteiger partial charge >= 0.3 is 0 Å². The summed E-state index contributed by atoms with van der Waals surface area (Å²) < 4.78 is 15.8. The molecule has 0 aliphatic carbocycles. The van der Waals surface area contributed by atoms with Gasteiger partial charge in [-0.2, -0.15) is 0 Å². The largest absolute Gasteiger partial charge is 0.497 e. The van der Waals surface area contributed by atoms with E-state index in [4.69, 9.17) is 14.2 Å². The molecule has 2 aromatic rings. The molecule has 0 bridgehead atoms. The molecular formula is C22H29NO4. The van der Waals surface area contributed by atoms with E-state index in [2.05, 4.69) is 19.2 Å². The van der Waals surface area contributed by atoms with Gasteiger partial charge in [0, 0.05) is 0 Å². The lowest BCUT2D eigenvalue weighted by atomic mass is 9.96. The summed E-state index contributed by atoms with van der Waals surface area (Å²) in [5.74, 6) is 2.51. The van der Waals surface area contributed by atoms with Crippen molar-refractivity contribution in [2.45, 2.75) is 32.7 Å². The molecule has 1 N–H and O–H groups in total. The second kappa shape index (κ2) is 9.86. The monoisotopic (exact) mass is 371 g/mol. The van der Waals surface area contributed by atoms with E-state index in [-0.39, 0.29) is 18.4 Å². The van der Waals surface area contributed by atoms with Crippen LogP contribution in [0.1, 0.15) is 37.4 Å². The predicted octanol–water partition coefficient (Wildman–Crippen LogP) is 4.16. The maximum Gasteiger partial charge on any atom is 0.224 e. The molecule has 0 aromatic heterocycles. The SMILES string of the molecule is COc1ccc([C@@H](CC(C)C)NC(=O)Cc2ccc(OC)c(OC)c2)cc1. The van der Waals surface area contributed by atoms with Crippen molar-refractivity contribution in [3.63, 3.8) is 0 Å². The number of benzene rings is 2. The van der Waals surface area contributed by atoms with Crippen LogP contribution in [0, 0.1) is 5.92 Å². The minimum atomic E-state index is -0.0384. The highest BCUT2D eigenvalue weighted by molar-refractivity contribution is 5.79. The average molecular weight is 371 g/mol. The second-order valence-corrected chi connectivity index (χ2v) is 6.89. The van der Waals surface area contributed by atoms with Crippen LogP contribution in [-0.4, -0.2) is 27.2 Å². The number of carbonyl (C=O) groups excluding carboxylic acids is 1. The van der Waals surface area contributed by atoms with Gasteiger partial charge in [0.1, 0.15) is 5.75 Å². The molecule has 0 saturated carbocycles. The Balaban J connectivity index is 2.11. The van der Waals surface area contributed by atoms with Crippen molar-refractivity contribution in [2.24, 2.45) is 5.92 Å². The molecule has 2 rings (SSSR count). The Kier molecular flexibility index (Phi) is 7.53. The maximum atomic E-state index is 12.6. The number of amides is 1. The normalized spacial score (nSPS) is 11.8. The van der Waals surface area contributed by atoms with Gasteiger partial charge in [0.05, 0.1) is 33.8 Å². The molecular weight excluding hydrogens is 342 g/mol. The molecule has 0 radical (unpaired) electrons. The zero-order chi connectivity index (χ0) is 19.8. The molecule has 1 atom stereocenters. The first-order valence-corrected chi connectivity index (χ1v) is 9.11. The Hall–Kier alpha value is -2.69. The van der Waals surface area contributed by atoms with Crippen molar-refractivity contribution in [2.75, 3.05) is 21.3 Å². The summed E-state index contributed by atoms with van der Waals surface area (Å²) in [7, 11) is 4.82. The fraction of sp³-hybridized carbons (Fsp3) is 0.409. The van der Waals surface area contributed by atoms with Crippen molar-refractivity contribution < 1.29 is 19.0 Å². The van der Waals surface area contributed by atoms with Crippen molar-refractivity contribution in [1.82, 2.24) is 5.32 Å². The van der Waals surface area contributed by atoms with Gasteiger partial charge in [-0.05, 0) is 47.7 Å². The summed E-state index contributed by atoms with van der Waals surface area (Å²) in [6.45, 7) is 4.30. The quantitative estimate of drug-likeness (QED) is 0.719. The van der Waals surface area contributed by atoms with Gasteiger partial charge in [-0.25, -0.2) is 0 Å². The van der Waals surface area contributed by atoms with Crippen molar-refractivity contribution in [3.8, 4) is 17.2 Å². The molecule has 5 nitrogen and oxygen atoms in total. The Morgan fingerprint density at radius 2 is 1.59 bits per heavy atom. The van der Waals surface area contributed by atoms with E-state index in [0.717, 1.165) is 23.3 Å². The summed E-state index contributed by atoms with van der Waals surface area (Å²) in [6, 6.07) is 13.3. The van der Waals surface area contributed by atoms with Gasteiger partial charge in [-0.15, -0.1) is 0 Å². The van der Waals surface area contributed by atoms with Crippen LogP contribution in [0.15, 0.2) is 42.5 Å². The topological polar surface area (TPSA) is 56.8 Å². The van der Waals surface area contributed by atoms with Crippen LogP contribution in [0.2, 0.25) is 0 Å². The first kappa shape index (κ1) is 20.6. The highest BCUT2D eigenvalue weighted by atomic mass is 16.5. The van der Waals surface area contributed by atoms with Crippen LogP contribution < -0.4 is 19.5 Å². The van der Waals surface area contributed by atoms with Crippen LogP contribution in [0.3, 0.4) is 0 Å². The Bertz CT molecular complexity index is 740. The molecule has 0 unspecified atom stereocenters. The van der Waals surface area contributed by atoms with E-state index in [1.54, 1.807) is 21.3 Å². The van der Waals surface area contributed by atoms with Gasteiger partial charge in [-0.3, -0.25) is 4.79 Å². The molecule has 0 aliphatic rings. The minimum Gasteiger partial charge on any atom is -0.497 e. The Morgan fingerprint density at radius 3 is 2.15 bits per heavy atom. The minimum absolute atomic E-state index is 0.0244. The standard InChI is InChI=1S/C22H29NO4/c1-15(2)12-19(17-7-9-18(25-3)10-8-17)23-22(24)14-16-6-11-20(26-4)21(13-16)27-5/h6-11,13,15,19H,12,14H2,1-5H3,(H,23,24)/t19-/m1/s1. The smallest absolute Gasteiger partial charge is 0.224 e. The summed E-state index contributed by atoms with van der Waals surface area (Å²) in [4.78, 5) is 12.6. The van der Waals surface area contributed by atoms with Crippen molar-refractivity contribution in [3.05, 3.63) is 53.6 Å². The lowest BCUT2D eigenvalue weighted by Gasteiger charge is -2.21. The molecule has 5 heteroatoms. The predicted molar refractivity (Wildman–Crippen MR) is 107 cm³/mol. The van der Waals surface area contributed by atoms with Gasteiger partial charge in [0.2, 0.25) is 5.91 Å². The van der Waals surface area contributed by atoms with E-state index in [1.165, 1.54) is 0 Å². The highest BCUT2D eigenvalue weighted by Crippen LogP contribution is 2.28. The van der Waals surface area contributed by atoms with Crippen LogP contribution in [-0.2, 0) is 11.2 Å². The molecule has 0 saturated heterocycles. The van der Waals surface area contributed by atoms with Crippen LogP contribution in [0.4, 0.5) is 0 Å². The summed E-state index contributed by atoms with van der Waals surface area (Å²) in [6.07, 6.45) is 1.15. The van der Waals surface area contributed by atoms with Gasteiger partial charge in [0.15, 0.2) is 11.5 Å². The van der Waals surface area contributed by atoms with E-state index in [9.17, 15) is 4.79 Å². The third-order valence-corrected chi connectivity index (χ3v) is 4.37. The first-order valence-electron chi connectivity index (χ1n) is 9.11. The summed E-state index contributed by atoms with van der Waals surface area (Å²) in [5.41, 5.74) is 1.95. The van der Waals surface area contributed by atoms with E-state index >= 15 is 0 Å². The molecule has 0 aliphatic heterocycles. The van der Waals surface area contributed by atoms with Crippen molar-refractivity contribution >= 4 is 5.91 Å². The lowest BCUT2D eigenvalue weighted by molar-refractivity contribution is -0.121. The summed E-state index contributed by atoms with van der Waals surface area (Å²) >= 11 is 0. The number of ether oxygens (including phenoxy) is 3. The molecule has 1 amide bonds. The fourth-order valence-corrected chi connectivity index (χ4v) is 3.01. The molecule has 2 aromatic carbocycles. The van der Waals surface area contributed by atoms with E-state index in [1.807, 2.05) is 42.5 Å². The molecule has 146 valence electrons. The molecule has 27 heavy (non-hydrogen) atoms. The van der Waals surface area contributed by atoms with Gasteiger partial charge in [-0.1, -0.05) is 32.0 Å². The zero-order valence-electron chi connectivity index (χ0n) is 16.7. The lowest BCUT2D eigenvalue weighted by Crippen LogP contribution is -2.30. The first-order chi connectivity index (χ1) is 13.0. The molecule has 0 heterocycles. The van der Waals surface area contributed by atoms with Gasteiger partial charge < -0.3 is 19.5 Å². The number of hydrogen-bond donors (Lipinski definition) is 1. The third-order valence-electron chi connectivity index (χ3n) is 4.37. The Morgan fingerprint density at radius 1 is 0.926 bits per heavy atom. The number of hydrogen-bond acceptors (Lipinski definition) is 4. The van der Waals surface area contributed by atoms with Crippen LogP contribution >= 0.6 is 0 Å². The number of nitrogens with one attached hydrogen (secondary N) is 1. The maximum absolute atomic E-state index is 12.6.